The van der Waals surface area contributed by atoms with Gasteiger partial charge in [-0.3, -0.25) is 9.20 Å². The third-order valence-electron chi connectivity index (χ3n) is 3.52. The number of thiazole rings is 1. The van der Waals surface area contributed by atoms with Gasteiger partial charge in [0.1, 0.15) is 0 Å². The molecule has 2 aromatic rings. The van der Waals surface area contributed by atoms with E-state index in [1.807, 2.05) is 34.0 Å². The first kappa shape index (κ1) is 12.6. The van der Waals surface area contributed by atoms with Crippen LogP contribution in [0.5, 0.6) is 0 Å². The van der Waals surface area contributed by atoms with E-state index >= 15 is 0 Å². The summed E-state index contributed by atoms with van der Waals surface area (Å²) in [5.74, 6) is 0.207. The van der Waals surface area contributed by atoms with Crippen molar-refractivity contribution in [3.05, 3.63) is 23.5 Å². The van der Waals surface area contributed by atoms with Crippen molar-refractivity contribution in [1.29, 1.82) is 0 Å². The van der Waals surface area contributed by atoms with Gasteiger partial charge in [0, 0.05) is 37.4 Å². The SMILES string of the molecule is CC(NCc1cn2ccsc2n1)C(=O)N1CCCC1. The van der Waals surface area contributed by atoms with Crippen LogP contribution in [0.15, 0.2) is 17.8 Å². The number of nitrogens with zero attached hydrogens (tertiary/aromatic N) is 3. The summed E-state index contributed by atoms with van der Waals surface area (Å²) in [6.07, 6.45) is 6.27. The Labute approximate surface area is 116 Å². The van der Waals surface area contributed by atoms with Crippen LogP contribution in [0, 0.1) is 0 Å². The second-order valence-electron chi connectivity index (χ2n) is 4.96. The second-order valence-corrected chi connectivity index (χ2v) is 5.83. The van der Waals surface area contributed by atoms with Crippen molar-refractivity contribution >= 4 is 22.2 Å². The summed E-state index contributed by atoms with van der Waals surface area (Å²) in [4.78, 5) is 19.6. The molecule has 3 heterocycles. The van der Waals surface area contributed by atoms with Crippen LogP contribution in [-0.2, 0) is 11.3 Å². The number of hydrogen-bond acceptors (Lipinski definition) is 4. The maximum atomic E-state index is 12.1. The summed E-state index contributed by atoms with van der Waals surface area (Å²) in [5, 5.41) is 5.28. The van der Waals surface area contributed by atoms with Crippen LogP contribution in [0.25, 0.3) is 4.96 Å². The van der Waals surface area contributed by atoms with Crippen molar-refractivity contribution in [2.75, 3.05) is 13.1 Å². The van der Waals surface area contributed by atoms with Crippen molar-refractivity contribution in [2.45, 2.75) is 32.4 Å². The van der Waals surface area contributed by atoms with Crippen molar-refractivity contribution in [3.8, 4) is 0 Å². The van der Waals surface area contributed by atoms with Gasteiger partial charge in [-0.2, -0.15) is 0 Å². The molecule has 1 fully saturated rings. The van der Waals surface area contributed by atoms with Gasteiger partial charge in [-0.25, -0.2) is 4.98 Å². The molecule has 2 aromatic heterocycles. The minimum absolute atomic E-state index is 0.141. The fourth-order valence-corrected chi connectivity index (χ4v) is 3.14. The summed E-state index contributed by atoms with van der Waals surface area (Å²) in [6.45, 7) is 4.38. The number of nitrogens with one attached hydrogen (secondary N) is 1. The molecule has 1 amide bonds. The molecule has 5 nitrogen and oxygen atoms in total. The van der Waals surface area contributed by atoms with E-state index in [0.717, 1.165) is 36.6 Å². The van der Waals surface area contributed by atoms with Gasteiger partial charge < -0.3 is 10.2 Å². The van der Waals surface area contributed by atoms with Crippen LogP contribution < -0.4 is 5.32 Å². The number of hydrogen-bond donors (Lipinski definition) is 1. The molecule has 6 heteroatoms. The molecular formula is C13H18N4OS. The van der Waals surface area contributed by atoms with Crippen LogP contribution in [0.3, 0.4) is 0 Å². The first-order valence-corrected chi connectivity index (χ1v) is 7.55. The normalized spacial score (nSPS) is 17.2. The molecule has 0 aromatic carbocycles. The number of likely N-dealkylation sites (tertiary alicyclic amines) is 1. The number of aromatic nitrogens is 2. The number of amides is 1. The molecule has 0 bridgehead atoms. The Morgan fingerprint density at radius 1 is 1.53 bits per heavy atom. The van der Waals surface area contributed by atoms with Gasteiger partial charge in [-0.1, -0.05) is 0 Å². The van der Waals surface area contributed by atoms with Gasteiger partial charge >= 0.3 is 0 Å². The topological polar surface area (TPSA) is 49.6 Å². The lowest BCUT2D eigenvalue weighted by molar-refractivity contribution is -0.131. The molecule has 0 aliphatic carbocycles. The standard InChI is InChI=1S/C13H18N4OS/c1-10(12(18)16-4-2-3-5-16)14-8-11-9-17-6-7-19-13(17)15-11/h6-7,9-10,14H,2-5,8H2,1H3. The maximum absolute atomic E-state index is 12.1. The monoisotopic (exact) mass is 278 g/mol. The predicted molar refractivity (Wildman–Crippen MR) is 75.2 cm³/mol. The van der Waals surface area contributed by atoms with Gasteiger partial charge in [-0.15, -0.1) is 11.3 Å². The molecule has 1 N–H and O–H groups in total. The quantitative estimate of drug-likeness (QED) is 0.922. The van der Waals surface area contributed by atoms with E-state index in [4.69, 9.17) is 0 Å². The number of rotatable bonds is 4. The molecule has 1 atom stereocenters. The molecule has 0 saturated carbocycles. The molecule has 102 valence electrons. The van der Waals surface area contributed by atoms with Gasteiger partial charge in [0.2, 0.25) is 5.91 Å². The highest BCUT2D eigenvalue weighted by atomic mass is 32.1. The van der Waals surface area contributed by atoms with Crippen LogP contribution in [0.4, 0.5) is 0 Å². The second kappa shape index (κ2) is 5.30. The Kier molecular flexibility index (Phi) is 3.52. The van der Waals surface area contributed by atoms with Gasteiger partial charge in [0.15, 0.2) is 4.96 Å². The fraction of sp³-hybridized carbons (Fsp3) is 0.538. The van der Waals surface area contributed by atoms with Gasteiger partial charge in [0.05, 0.1) is 11.7 Å². The minimum atomic E-state index is -0.141. The summed E-state index contributed by atoms with van der Waals surface area (Å²) >= 11 is 1.62. The lowest BCUT2D eigenvalue weighted by Crippen LogP contribution is -2.43. The Morgan fingerprint density at radius 3 is 3.05 bits per heavy atom. The van der Waals surface area contributed by atoms with E-state index in [0.29, 0.717) is 6.54 Å². The van der Waals surface area contributed by atoms with E-state index in [1.54, 1.807) is 11.3 Å². The Bertz CT molecular complexity index is 541. The number of fused-ring (bicyclic) bond motifs is 1. The van der Waals surface area contributed by atoms with E-state index in [2.05, 4.69) is 10.3 Å². The molecular weight excluding hydrogens is 260 g/mol. The Balaban J connectivity index is 1.56. The fourth-order valence-electron chi connectivity index (χ4n) is 2.42. The van der Waals surface area contributed by atoms with Gasteiger partial charge in [0.25, 0.3) is 0 Å². The lowest BCUT2D eigenvalue weighted by atomic mass is 10.3. The summed E-state index contributed by atoms with van der Waals surface area (Å²) in [5.41, 5.74) is 0.980. The van der Waals surface area contributed by atoms with Crippen molar-refractivity contribution in [1.82, 2.24) is 19.6 Å². The van der Waals surface area contributed by atoms with E-state index in [9.17, 15) is 4.79 Å². The molecule has 1 aliphatic rings. The number of carbonyl (C=O) groups excluding carboxylic acids is 1. The molecule has 3 rings (SSSR count). The van der Waals surface area contributed by atoms with Gasteiger partial charge in [-0.05, 0) is 19.8 Å². The minimum Gasteiger partial charge on any atom is -0.341 e. The molecule has 0 spiro atoms. The molecule has 1 aliphatic heterocycles. The smallest absolute Gasteiger partial charge is 0.239 e. The highest BCUT2D eigenvalue weighted by molar-refractivity contribution is 7.15. The van der Waals surface area contributed by atoms with Crippen molar-refractivity contribution in [3.63, 3.8) is 0 Å². The van der Waals surface area contributed by atoms with Crippen LogP contribution in [-0.4, -0.2) is 39.3 Å². The third-order valence-corrected chi connectivity index (χ3v) is 4.29. The molecule has 1 saturated heterocycles. The summed E-state index contributed by atoms with van der Waals surface area (Å²) < 4.78 is 2.01. The Morgan fingerprint density at radius 2 is 2.32 bits per heavy atom. The third kappa shape index (κ3) is 2.64. The van der Waals surface area contributed by atoms with Crippen LogP contribution in [0.1, 0.15) is 25.5 Å². The largest absolute Gasteiger partial charge is 0.341 e. The average Bonchev–Trinajstić information content (AvgIpc) is 3.10. The van der Waals surface area contributed by atoms with E-state index < -0.39 is 0 Å². The van der Waals surface area contributed by atoms with Crippen molar-refractivity contribution in [2.24, 2.45) is 0 Å². The zero-order valence-electron chi connectivity index (χ0n) is 11.0. The molecule has 19 heavy (non-hydrogen) atoms. The molecule has 0 radical (unpaired) electrons. The average molecular weight is 278 g/mol. The Hall–Kier alpha value is -1.40. The highest BCUT2D eigenvalue weighted by Gasteiger charge is 2.22. The van der Waals surface area contributed by atoms with E-state index in [1.165, 1.54) is 0 Å². The van der Waals surface area contributed by atoms with Crippen molar-refractivity contribution < 1.29 is 4.79 Å². The summed E-state index contributed by atoms with van der Waals surface area (Å²) in [6, 6.07) is -0.141. The van der Waals surface area contributed by atoms with Crippen LogP contribution >= 0.6 is 11.3 Å². The summed E-state index contributed by atoms with van der Waals surface area (Å²) in [7, 11) is 0. The zero-order chi connectivity index (χ0) is 13.2. The maximum Gasteiger partial charge on any atom is 0.239 e. The van der Waals surface area contributed by atoms with E-state index in [-0.39, 0.29) is 11.9 Å². The highest BCUT2D eigenvalue weighted by Crippen LogP contribution is 2.12. The van der Waals surface area contributed by atoms with Crippen LogP contribution in [0.2, 0.25) is 0 Å². The first-order chi connectivity index (χ1) is 9.24. The number of imidazole rings is 1. The number of carbonyl (C=O) groups is 1. The lowest BCUT2D eigenvalue weighted by Gasteiger charge is -2.20. The molecule has 1 unspecified atom stereocenters. The first-order valence-electron chi connectivity index (χ1n) is 6.67. The zero-order valence-corrected chi connectivity index (χ0v) is 11.8. The predicted octanol–water partition coefficient (Wildman–Crippen LogP) is 1.50.